The molecule has 0 unspecified atom stereocenters. The van der Waals surface area contributed by atoms with Crippen LogP contribution in [0.15, 0.2) is 40.8 Å². The zero-order chi connectivity index (χ0) is 12.0. The van der Waals surface area contributed by atoms with Crippen molar-refractivity contribution in [3.63, 3.8) is 0 Å². The minimum Gasteiger partial charge on any atom is -0.385 e. The van der Waals surface area contributed by atoms with E-state index in [0.717, 1.165) is 23.6 Å². The number of aliphatic imine (C=N–C) groups is 1. The van der Waals surface area contributed by atoms with Crippen molar-refractivity contribution in [2.45, 2.75) is 32.7 Å². The van der Waals surface area contributed by atoms with Gasteiger partial charge >= 0.3 is 0 Å². The van der Waals surface area contributed by atoms with Gasteiger partial charge in [0.2, 0.25) is 0 Å². The highest BCUT2D eigenvalue weighted by molar-refractivity contribution is 5.43. The second kappa shape index (κ2) is 6.16. The molecule has 1 aliphatic rings. The van der Waals surface area contributed by atoms with Gasteiger partial charge in [0.15, 0.2) is 0 Å². The summed E-state index contributed by atoms with van der Waals surface area (Å²) in [6, 6.07) is 0.565. The summed E-state index contributed by atoms with van der Waals surface area (Å²) in [5, 5.41) is 6.57. The Balaban J connectivity index is 2.87. The number of nitrogens with one attached hydrogen (secondary N) is 2. The average Bonchev–Trinajstić information content (AvgIpc) is 3.07. The van der Waals surface area contributed by atoms with Gasteiger partial charge in [-0.2, -0.15) is 0 Å². The van der Waals surface area contributed by atoms with Crippen molar-refractivity contribution in [1.82, 2.24) is 10.6 Å². The first-order valence-electron chi connectivity index (χ1n) is 5.76. The third kappa shape index (κ3) is 3.57. The second-order valence-electron chi connectivity index (χ2n) is 3.85. The monoisotopic (exact) mass is 219 g/mol. The van der Waals surface area contributed by atoms with E-state index >= 15 is 0 Å². The first kappa shape index (κ1) is 12.6. The normalized spacial score (nSPS) is 16.9. The minimum atomic E-state index is 0.565. The van der Waals surface area contributed by atoms with E-state index in [1.807, 2.05) is 26.0 Å². The Morgan fingerprint density at radius 1 is 1.50 bits per heavy atom. The number of rotatable bonds is 7. The summed E-state index contributed by atoms with van der Waals surface area (Å²) >= 11 is 0. The summed E-state index contributed by atoms with van der Waals surface area (Å²) in [4.78, 5) is 4.06. The molecular formula is C13H21N3. The standard InChI is InChI=1S/C13H21N3/c1-5-7-12(10(3)15-6-2)13(14-4)16-11-8-9-11/h5,7,11,15-16H,3-4,6,8-9H2,1-2H3/b7-5?,13-12+. The van der Waals surface area contributed by atoms with E-state index < -0.39 is 0 Å². The van der Waals surface area contributed by atoms with Crippen LogP contribution in [-0.4, -0.2) is 19.3 Å². The molecule has 3 nitrogen and oxygen atoms in total. The first-order chi connectivity index (χ1) is 7.72. The zero-order valence-electron chi connectivity index (χ0n) is 10.2. The molecule has 2 N–H and O–H groups in total. The van der Waals surface area contributed by atoms with Crippen LogP contribution in [0.2, 0.25) is 0 Å². The van der Waals surface area contributed by atoms with E-state index in [1.54, 1.807) is 0 Å². The van der Waals surface area contributed by atoms with Gasteiger partial charge in [-0.3, -0.25) is 0 Å². The Morgan fingerprint density at radius 2 is 2.19 bits per heavy atom. The summed E-state index contributed by atoms with van der Waals surface area (Å²) in [6.07, 6.45) is 6.42. The quantitative estimate of drug-likeness (QED) is 0.509. The van der Waals surface area contributed by atoms with Crippen molar-refractivity contribution in [2.24, 2.45) is 4.99 Å². The van der Waals surface area contributed by atoms with Crippen LogP contribution >= 0.6 is 0 Å². The largest absolute Gasteiger partial charge is 0.385 e. The van der Waals surface area contributed by atoms with Crippen molar-refractivity contribution in [3.05, 3.63) is 35.8 Å². The number of hydrogen-bond donors (Lipinski definition) is 2. The Kier molecular flexibility index (Phi) is 4.83. The van der Waals surface area contributed by atoms with E-state index in [0.29, 0.717) is 6.04 Å². The molecule has 88 valence electrons. The van der Waals surface area contributed by atoms with Gasteiger partial charge in [-0.1, -0.05) is 18.7 Å². The molecule has 0 atom stereocenters. The highest BCUT2D eigenvalue weighted by atomic mass is 15.1. The van der Waals surface area contributed by atoms with Crippen LogP contribution < -0.4 is 10.6 Å². The van der Waals surface area contributed by atoms with E-state index in [9.17, 15) is 0 Å². The van der Waals surface area contributed by atoms with E-state index in [2.05, 4.69) is 28.9 Å². The Labute approximate surface area is 98.0 Å². The molecule has 0 amide bonds. The maximum absolute atomic E-state index is 4.06. The lowest BCUT2D eigenvalue weighted by Gasteiger charge is -2.13. The molecule has 0 spiro atoms. The number of hydrogen-bond acceptors (Lipinski definition) is 3. The molecule has 16 heavy (non-hydrogen) atoms. The van der Waals surface area contributed by atoms with E-state index in [-0.39, 0.29) is 0 Å². The molecule has 3 heteroatoms. The van der Waals surface area contributed by atoms with Crippen LogP contribution in [0.1, 0.15) is 26.7 Å². The fourth-order valence-corrected chi connectivity index (χ4v) is 1.43. The molecule has 0 aromatic heterocycles. The van der Waals surface area contributed by atoms with Gasteiger partial charge in [-0.25, -0.2) is 4.99 Å². The fourth-order valence-electron chi connectivity index (χ4n) is 1.43. The topological polar surface area (TPSA) is 36.4 Å². The van der Waals surface area contributed by atoms with Gasteiger partial charge in [0.25, 0.3) is 0 Å². The number of nitrogens with zero attached hydrogens (tertiary/aromatic N) is 1. The predicted molar refractivity (Wildman–Crippen MR) is 70.4 cm³/mol. The second-order valence-corrected chi connectivity index (χ2v) is 3.85. The number of likely N-dealkylation sites (N-methyl/N-ethyl adjacent to an activating group) is 1. The summed E-state index contributed by atoms with van der Waals surface area (Å²) < 4.78 is 0. The molecule has 0 aromatic carbocycles. The van der Waals surface area contributed by atoms with E-state index in [4.69, 9.17) is 0 Å². The van der Waals surface area contributed by atoms with Crippen molar-refractivity contribution in [2.75, 3.05) is 6.54 Å². The van der Waals surface area contributed by atoms with E-state index in [1.165, 1.54) is 12.8 Å². The Bertz CT molecular complexity index is 322. The molecule has 1 fully saturated rings. The molecule has 0 bridgehead atoms. The summed E-state index contributed by atoms with van der Waals surface area (Å²) in [5.41, 5.74) is 1.88. The fraction of sp³-hybridized carbons (Fsp3) is 0.462. The lowest BCUT2D eigenvalue weighted by Crippen LogP contribution is -2.20. The highest BCUT2D eigenvalue weighted by Crippen LogP contribution is 2.22. The van der Waals surface area contributed by atoms with Crippen LogP contribution in [-0.2, 0) is 0 Å². The number of allylic oxidation sites excluding steroid dienone is 2. The zero-order valence-corrected chi connectivity index (χ0v) is 10.2. The predicted octanol–water partition coefficient (Wildman–Crippen LogP) is 2.35. The molecule has 0 radical (unpaired) electrons. The molecule has 1 rings (SSSR count). The molecule has 1 saturated carbocycles. The molecule has 0 aliphatic heterocycles. The van der Waals surface area contributed by atoms with Gasteiger partial charge in [0.05, 0.1) is 0 Å². The van der Waals surface area contributed by atoms with Crippen molar-refractivity contribution < 1.29 is 0 Å². The minimum absolute atomic E-state index is 0.565. The van der Waals surface area contributed by atoms with Crippen LogP contribution in [0.4, 0.5) is 0 Å². The van der Waals surface area contributed by atoms with Crippen LogP contribution in [0.25, 0.3) is 0 Å². The Hall–Kier alpha value is -1.51. The first-order valence-corrected chi connectivity index (χ1v) is 5.76. The maximum atomic E-state index is 4.06. The van der Waals surface area contributed by atoms with Gasteiger partial charge in [-0.05, 0) is 33.4 Å². The highest BCUT2D eigenvalue weighted by Gasteiger charge is 2.22. The molecular weight excluding hydrogens is 198 g/mol. The average molecular weight is 219 g/mol. The third-order valence-corrected chi connectivity index (χ3v) is 2.38. The van der Waals surface area contributed by atoms with Crippen molar-refractivity contribution in [3.8, 4) is 0 Å². The molecule has 0 saturated heterocycles. The van der Waals surface area contributed by atoms with Gasteiger partial charge in [0.1, 0.15) is 5.82 Å². The molecule has 0 aromatic rings. The van der Waals surface area contributed by atoms with Crippen molar-refractivity contribution >= 4 is 6.72 Å². The summed E-state index contributed by atoms with van der Waals surface area (Å²) in [5.74, 6) is 0.826. The summed E-state index contributed by atoms with van der Waals surface area (Å²) in [7, 11) is 0. The maximum Gasteiger partial charge on any atom is 0.134 e. The van der Waals surface area contributed by atoms with Gasteiger partial charge < -0.3 is 10.6 Å². The van der Waals surface area contributed by atoms with Crippen LogP contribution in [0, 0.1) is 0 Å². The molecule has 1 aliphatic carbocycles. The third-order valence-electron chi connectivity index (χ3n) is 2.38. The lowest BCUT2D eigenvalue weighted by molar-refractivity contribution is 0.778. The van der Waals surface area contributed by atoms with Crippen molar-refractivity contribution in [1.29, 1.82) is 0 Å². The summed E-state index contributed by atoms with van der Waals surface area (Å²) in [6.45, 7) is 12.5. The smallest absolute Gasteiger partial charge is 0.134 e. The van der Waals surface area contributed by atoms with Gasteiger partial charge in [0, 0.05) is 23.9 Å². The SMILES string of the molecule is C=N/C(NC1CC1)=C(/C=CC)C(=C)NCC. The van der Waals surface area contributed by atoms with Gasteiger partial charge in [-0.15, -0.1) is 0 Å². The lowest BCUT2D eigenvalue weighted by atomic mass is 10.2. The van der Waals surface area contributed by atoms with Crippen LogP contribution in [0.3, 0.4) is 0 Å². The van der Waals surface area contributed by atoms with Crippen LogP contribution in [0.5, 0.6) is 0 Å². The Morgan fingerprint density at radius 3 is 2.62 bits per heavy atom. The molecule has 0 heterocycles.